The van der Waals surface area contributed by atoms with Crippen molar-refractivity contribution in [2.75, 3.05) is 23.0 Å². The molecule has 0 bridgehead atoms. The molecule has 13 heteroatoms. The second-order valence-electron chi connectivity index (χ2n) is 10.0. The molecule has 11 nitrogen and oxygen atoms in total. The van der Waals surface area contributed by atoms with Crippen LogP contribution in [0.2, 0.25) is 0 Å². The Balaban J connectivity index is 1.24. The molecule has 3 amide bonds. The normalized spacial score (nSPS) is 11.0. The summed E-state index contributed by atoms with van der Waals surface area (Å²) in [6.45, 7) is 2.51. The maximum atomic E-state index is 13.4. The first-order chi connectivity index (χ1) is 23.3. The van der Waals surface area contributed by atoms with Gasteiger partial charge in [-0.25, -0.2) is 4.98 Å². The van der Waals surface area contributed by atoms with Crippen LogP contribution in [0.25, 0.3) is 17.3 Å². The van der Waals surface area contributed by atoms with Gasteiger partial charge in [0.15, 0.2) is 5.13 Å². The smallest absolute Gasteiger partial charge is 0.276 e. The molecule has 0 aliphatic carbocycles. The van der Waals surface area contributed by atoms with Crippen molar-refractivity contribution in [3.8, 4) is 17.0 Å². The molecule has 242 valence electrons. The van der Waals surface area contributed by atoms with E-state index in [2.05, 4.69) is 20.9 Å². The maximum absolute atomic E-state index is 13.4. The van der Waals surface area contributed by atoms with E-state index in [4.69, 9.17) is 4.74 Å². The largest absolute Gasteiger partial charge is 0.494 e. The molecule has 4 aromatic carbocycles. The van der Waals surface area contributed by atoms with Gasteiger partial charge in [-0.2, -0.15) is 0 Å². The van der Waals surface area contributed by atoms with Gasteiger partial charge >= 0.3 is 0 Å². The Morgan fingerprint density at radius 2 is 1.69 bits per heavy atom. The Morgan fingerprint density at radius 3 is 2.44 bits per heavy atom. The average Bonchev–Trinajstić information content (AvgIpc) is 3.56. The van der Waals surface area contributed by atoms with Crippen molar-refractivity contribution in [3.63, 3.8) is 0 Å². The van der Waals surface area contributed by atoms with Crippen LogP contribution in [-0.4, -0.2) is 40.0 Å². The molecule has 48 heavy (non-hydrogen) atoms. The highest BCUT2D eigenvalue weighted by Gasteiger charge is 2.19. The molecule has 0 saturated heterocycles. The number of aromatic nitrogens is 1. The molecule has 1 heterocycles. The van der Waals surface area contributed by atoms with E-state index in [1.165, 1.54) is 47.4 Å². The Bertz CT molecular complexity index is 1960. The number of thioether (sulfide) groups is 1. The van der Waals surface area contributed by atoms with E-state index >= 15 is 0 Å². The number of benzene rings is 4. The number of nitrogens with zero attached hydrogens (tertiary/aromatic N) is 2. The topological polar surface area (TPSA) is 153 Å². The number of carbonyl (C=O) groups excluding carboxylic acids is 3. The number of ether oxygens (including phenoxy) is 1. The van der Waals surface area contributed by atoms with E-state index < -0.39 is 16.7 Å². The van der Waals surface area contributed by atoms with E-state index in [1.807, 2.05) is 36.6 Å². The molecule has 3 N–H and O–H groups in total. The lowest BCUT2D eigenvalue weighted by Gasteiger charge is -2.12. The summed E-state index contributed by atoms with van der Waals surface area (Å²) >= 11 is 2.59. The van der Waals surface area contributed by atoms with E-state index in [-0.39, 0.29) is 28.6 Å². The lowest BCUT2D eigenvalue weighted by atomic mass is 10.1. The van der Waals surface area contributed by atoms with Gasteiger partial charge in [-0.1, -0.05) is 36.4 Å². The average molecular weight is 680 g/mol. The zero-order chi connectivity index (χ0) is 33.9. The predicted molar refractivity (Wildman–Crippen MR) is 188 cm³/mol. The summed E-state index contributed by atoms with van der Waals surface area (Å²) in [5.74, 6) is -0.635. The molecule has 0 fully saturated rings. The van der Waals surface area contributed by atoms with Crippen LogP contribution in [0, 0.1) is 10.1 Å². The molecule has 1 aromatic heterocycles. The van der Waals surface area contributed by atoms with Crippen LogP contribution >= 0.6 is 23.1 Å². The van der Waals surface area contributed by atoms with Crippen LogP contribution in [0.3, 0.4) is 0 Å². The van der Waals surface area contributed by atoms with Gasteiger partial charge in [0.05, 0.1) is 28.5 Å². The number of anilines is 2. The van der Waals surface area contributed by atoms with Crippen LogP contribution in [0.4, 0.5) is 16.5 Å². The highest BCUT2D eigenvalue weighted by Crippen LogP contribution is 2.28. The van der Waals surface area contributed by atoms with Crippen molar-refractivity contribution >= 4 is 63.4 Å². The first-order valence-corrected chi connectivity index (χ1v) is 16.5. The first-order valence-electron chi connectivity index (χ1n) is 14.6. The summed E-state index contributed by atoms with van der Waals surface area (Å²) in [6.07, 6.45) is 1.26. The summed E-state index contributed by atoms with van der Waals surface area (Å²) in [5, 5.41) is 22.1. The fourth-order valence-electron chi connectivity index (χ4n) is 4.39. The SMILES string of the molecule is CCOc1ccc(-c2csc(NC(=O)CSc3cccc(NC(=O)/C(=C\c4ccccc4[N+](=O)[O-])NC(=O)c4ccccc4)c3)n2)cc1. The maximum Gasteiger partial charge on any atom is 0.276 e. The van der Waals surface area contributed by atoms with E-state index in [0.29, 0.717) is 27.9 Å². The van der Waals surface area contributed by atoms with Crippen molar-refractivity contribution in [3.05, 3.63) is 135 Å². The van der Waals surface area contributed by atoms with Crippen molar-refractivity contribution in [1.82, 2.24) is 10.3 Å². The monoisotopic (exact) mass is 679 g/mol. The molecule has 5 aromatic rings. The number of nitro groups is 1. The third kappa shape index (κ3) is 9.15. The van der Waals surface area contributed by atoms with Gasteiger partial charge in [-0.15, -0.1) is 23.1 Å². The zero-order valence-corrected chi connectivity index (χ0v) is 27.2. The summed E-state index contributed by atoms with van der Waals surface area (Å²) < 4.78 is 5.48. The lowest BCUT2D eigenvalue weighted by Crippen LogP contribution is -2.30. The number of nitro benzene ring substituents is 1. The molecule has 0 spiro atoms. The molecule has 0 aliphatic rings. The third-order valence-corrected chi connectivity index (χ3v) is 8.39. The van der Waals surface area contributed by atoms with E-state index in [9.17, 15) is 24.5 Å². The van der Waals surface area contributed by atoms with Gasteiger partial charge < -0.3 is 20.7 Å². The molecular weight excluding hydrogens is 651 g/mol. The second kappa shape index (κ2) is 16.2. The highest BCUT2D eigenvalue weighted by atomic mass is 32.2. The van der Waals surface area contributed by atoms with Crippen molar-refractivity contribution in [2.45, 2.75) is 11.8 Å². The van der Waals surface area contributed by atoms with Gasteiger partial charge in [0.1, 0.15) is 11.4 Å². The van der Waals surface area contributed by atoms with Crippen molar-refractivity contribution in [1.29, 1.82) is 0 Å². The Kier molecular flexibility index (Phi) is 11.3. The Hall–Kier alpha value is -5.79. The zero-order valence-electron chi connectivity index (χ0n) is 25.5. The van der Waals surface area contributed by atoms with Gasteiger partial charge in [-0.05, 0) is 73.7 Å². The summed E-state index contributed by atoms with van der Waals surface area (Å²) in [5.41, 5.74) is 2.08. The number of rotatable bonds is 13. The van der Waals surface area contributed by atoms with Crippen molar-refractivity contribution < 1.29 is 24.0 Å². The minimum absolute atomic E-state index is 0.0886. The molecule has 0 aliphatic heterocycles. The fourth-order valence-corrected chi connectivity index (χ4v) is 5.88. The minimum Gasteiger partial charge on any atom is -0.494 e. The number of carbonyl (C=O) groups is 3. The van der Waals surface area contributed by atoms with E-state index in [1.54, 1.807) is 60.7 Å². The highest BCUT2D eigenvalue weighted by molar-refractivity contribution is 8.00. The van der Waals surface area contributed by atoms with Crippen LogP contribution < -0.4 is 20.7 Å². The lowest BCUT2D eigenvalue weighted by molar-refractivity contribution is -0.385. The Morgan fingerprint density at radius 1 is 0.938 bits per heavy atom. The minimum atomic E-state index is -0.690. The number of amides is 3. The van der Waals surface area contributed by atoms with Crippen LogP contribution in [0.1, 0.15) is 22.8 Å². The first kappa shape index (κ1) is 33.6. The summed E-state index contributed by atoms with van der Waals surface area (Å²) in [4.78, 5) is 55.4. The van der Waals surface area contributed by atoms with Crippen LogP contribution in [-0.2, 0) is 9.59 Å². The van der Waals surface area contributed by atoms with Gasteiger partial charge in [0.2, 0.25) is 5.91 Å². The number of thiazole rings is 1. The number of para-hydroxylation sites is 1. The second-order valence-corrected chi connectivity index (χ2v) is 11.9. The van der Waals surface area contributed by atoms with Crippen molar-refractivity contribution in [2.24, 2.45) is 0 Å². The van der Waals surface area contributed by atoms with Gasteiger partial charge in [0.25, 0.3) is 17.5 Å². The van der Waals surface area contributed by atoms with Crippen LogP contribution in [0.5, 0.6) is 5.75 Å². The molecular formula is C35H29N5O6S2. The van der Waals surface area contributed by atoms with Crippen LogP contribution in [0.15, 0.2) is 119 Å². The predicted octanol–water partition coefficient (Wildman–Crippen LogP) is 7.26. The molecule has 0 atom stereocenters. The number of nitrogens with one attached hydrogen (secondary N) is 3. The standard InChI is InChI=1S/C35H29N5O6S2/c1-2-46-27-17-15-23(16-18-27)30-21-48-35(38-30)39-32(41)22-47-28-13-8-12-26(20-28)36-34(43)29(37-33(42)24-9-4-3-5-10-24)19-25-11-6-7-14-31(25)40(44)45/h3-21H,2,22H2,1H3,(H,36,43)(H,37,42)(H,38,39,41)/b29-19+. The van der Waals surface area contributed by atoms with Gasteiger partial charge in [-0.3, -0.25) is 24.5 Å². The summed E-state index contributed by atoms with van der Waals surface area (Å²) in [6, 6.07) is 28.6. The Labute approximate surface area is 284 Å². The number of hydrogen-bond acceptors (Lipinski definition) is 9. The van der Waals surface area contributed by atoms with E-state index in [0.717, 1.165) is 17.0 Å². The third-order valence-electron chi connectivity index (χ3n) is 6.64. The molecule has 0 unspecified atom stereocenters. The van der Waals surface area contributed by atoms with Gasteiger partial charge in [0, 0.05) is 33.2 Å². The number of hydrogen-bond donors (Lipinski definition) is 3. The quantitative estimate of drug-likeness (QED) is 0.0509. The molecule has 0 radical (unpaired) electrons. The molecule has 5 rings (SSSR count). The molecule has 0 saturated carbocycles. The fraction of sp³-hybridized carbons (Fsp3) is 0.0857. The summed E-state index contributed by atoms with van der Waals surface area (Å²) in [7, 11) is 0.